The number of rotatable bonds is 8. The number of para-hydroxylation sites is 1. The summed E-state index contributed by atoms with van der Waals surface area (Å²) in [6.45, 7) is 6.20. The van der Waals surface area contributed by atoms with Gasteiger partial charge in [-0.25, -0.2) is 10.4 Å². The Hall–Kier alpha value is -5.04. The largest absolute Gasteiger partial charge is 0.459 e. The molecule has 0 aliphatic carbocycles. The maximum Gasteiger partial charge on any atom is 0.291 e. The summed E-state index contributed by atoms with van der Waals surface area (Å²) in [5.74, 6) is 0.0701. The van der Waals surface area contributed by atoms with E-state index < -0.39 is 0 Å². The molecule has 2 heterocycles. The number of anilines is 1. The first-order chi connectivity index (χ1) is 19.4. The van der Waals surface area contributed by atoms with Gasteiger partial charge in [0.1, 0.15) is 0 Å². The van der Waals surface area contributed by atoms with Gasteiger partial charge in [0.25, 0.3) is 11.8 Å². The van der Waals surface area contributed by atoms with Crippen molar-refractivity contribution in [1.29, 1.82) is 0 Å². The minimum atomic E-state index is -0.328. The molecule has 0 saturated heterocycles. The summed E-state index contributed by atoms with van der Waals surface area (Å²) < 4.78 is 5.12. The van der Waals surface area contributed by atoms with Crippen LogP contribution in [0.15, 0.2) is 107 Å². The summed E-state index contributed by atoms with van der Waals surface area (Å²) >= 11 is 0. The third kappa shape index (κ3) is 5.83. The van der Waals surface area contributed by atoms with Crippen LogP contribution in [0, 0.1) is 0 Å². The SMILES string of the molecule is CC[C@@H](C)c1ccc(-c2cc(C(=O)N/N=C(/C)c3ccc(NC(=O)c4ccco4)cc3)c3ccccc3n2)cc1. The van der Waals surface area contributed by atoms with Crippen molar-refractivity contribution >= 4 is 34.1 Å². The van der Waals surface area contributed by atoms with E-state index in [0.717, 1.165) is 34.1 Å². The van der Waals surface area contributed by atoms with E-state index in [1.165, 1.54) is 11.8 Å². The molecule has 200 valence electrons. The molecule has 0 unspecified atom stereocenters. The van der Waals surface area contributed by atoms with Crippen molar-refractivity contribution < 1.29 is 14.0 Å². The van der Waals surface area contributed by atoms with E-state index in [0.29, 0.717) is 22.9 Å². The molecule has 5 aromatic rings. The number of nitrogens with zero attached hydrogens (tertiary/aromatic N) is 2. The number of hydrazone groups is 1. The lowest BCUT2D eigenvalue weighted by Crippen LogP contribution is -2.20. The molecule has 0 aliphatic rings. The highest BCUT2D eigenvalue weighted by atomic mass is 16.3. The molecule has 0 radical (unpaired) electrons. The van der Waals surface area contributed by atoms with Crippen LogP contribution in [0.1, 0.15) is 65.1 Å². The minimum absolute atomic E-state index is 0.236. The van der Waals surface area contributed by atoms with Crippen LogP contribution >= 0.6 is 0 Å². The molecule has 0 fully saturated rings. The van der Waals surface area contributed by atoms with Gasteiger partial charge in [-0.05, 0) is 66.8 Å². The number of hydrogen-bond donors (Lipinski definition) is 2. The monoisotopic (exact) mass is 530 g/mol. The molecular weight excluding hydrogens is 500 g/mol. The van der Waals surface area contributed by atoms with Crippen LogP contribution in [0.25, 0.3) is 22.2 Å². The number of aromatic nitrogens is 1. The highest BCUT2D eigenvalue weighted by Crippen LogP contribution is 2.27. The fraction of sp³-hybridized carbons (Fsp3) is 0.152. The van der Waals surface area contributed by atoms with Gasteiger partial charge in [0, 0.05) is 16.6 Å². The van der Waals surface area contributed by atoms with E-state index in [-0.39, 0.29) is 17.6 Å². The molecule has 0 aliphatic heterocycles. The summed E-state index contributed by atoms with van der Waals surface area (Å²) in [6, 6.07) is 28.2. The number of amides is 2. The van der Waals surface area contributed by atoms with E-state index >= 15 is 0 Å². The smallest absolute Gasteiger partial charge is 0.291 e. The maximum absolute atomic E-state index is 13.3. The Morgan fingerprint density at radius 3 is 2.38 bits per heavy atom. The van der Waals surface area contributed by atoms with Crippen LogP contribution in [0.4, 0.5) is 5.69 Å². The zero-order chi connectivity index (χ0) is 28.1. The second kappa shape index (κ2) is 11.8. The number of nitrogens with one attached hydrogen (secondary N) is 2. The number of pyridine rings is 1. The highest BCUT2D eigenvalue weighted by Gasteiger charge is 2.15. The number of carbonyl (C=O) groups is 2. The van der Waals surface area contributed by atoms with Gasteiger partial charge in [-0.2, -0.15) is 5.10 Å². The van der Waals surface area contributed by atoms with Gasteiger partial charge in [0.05, 0.1) is 28.7 Å². The Bertz CT molecular complexity index is 1670. The summed E-state index contributed by atoms with van der Waals surface area (Å²) in [6.07, 6.45) is 2.52. The minimum Gasteiger partial charge on any atom is -0.459 e. The maximum atomic E-state index is 13.3. The van der Waals surface area contributed by atoms with Gasteiger partial charge in [0.2, 0.25) is 0 Å². The van der Waals surface area contributed by atoms with E-state index in [9.17, 15) is 9.59 Å². The molecule has 0 bridgehead atoms. The Kier molecular flexibility index (Phi) is 7.82. The second-order valence-electron chi connectivity index (χ2n) is 9.65. The molecule has 0 saturated carbocycles. The molecule has 2 aromatic heterocycles. The zero-order valence-electron chi connectivity index (χ0n) is 22.6. The molecule has 7 heteroatoms. The van der Waals surface area contributed by atoms with Crippen LogP contribution in [-0.4, -0.2) is 22.5 Å². The first-order valence-electron chi connectivity index (χ1n) is 13.2. The predicted molar refractivity (Wildman–Crippen MR) is 159 cm³/mol. The fourth-order valence-electron chi connectivity index (χ4n) is 4.38. The van der Waals surface area contributed by atoms with E-state index in [4.69, 9.17) is 9.40 Å². The Labute approximate surface area is 233 Å². The van der Waals surface area contributed by atoms with Crippen LogP contribution in [0.5, 0.6) is 0 Å². The van der Waals surface area contributed by atoms with E-state index in [1.54, 1.807) is 24.3 Å². The number of hydrogen-bond acceptors (Lipinski definition) is 5. The third-order valence-corrected chi connectivity index (χ3v) is 6.98. The molecule has 7 nitrogen and oxygen atoms in total. The molecule has 5 rings (SSSR count). The number of carbonyl (C=O) groups excluding carboxylic acids is 2. The average molecular weight is 531 g/mol. The normalized spacial score (nSPS) is 12.2. The zero-order valence-corrected chi connectivity index (χ0v) is 22.6. The van der Waals surface area contributed by atoms with Crippen molar-refractivity contribution in [2.24, 2.45) is 5.10 Å². The van der Waals surface area contributed by atoms with Crippen LogP contribution < -0.4 is 10.7 Å². The van der Waals surface area contributed by atoms with Gasteiger partial charge in [0.15, 0.2) is 5.76 Å². The number of benzene rings is 3. The number of furan rings is 1. The van der Waals surface area contributed by atoms with Gasteiger partial charge in [-0.3, -0.25) is 9.59 Å². The summed E-state index contributed by atoms with van der Waals surface area (Å²) in [5.41, 5.74) is 8.95. The van der Waals surface area contributed by atoms with Gasteiger partial charge < -0.3 is 9.73 Å². The standard InChI is InChI=1S/C33H30N4O3/c1-4-21(2)23-11-13-25(14-12-23)30-20-28(27-8-5-6-9-29(27)35-30)32(38)37-36-22(3)24-15-17-26(18-16-24)34-33(39)31-10-7-19-40-31/h5-21H,4H2,1-3H3,(H,34,39)(H,37,38)/b36-22-/t21-/m1/s1. The molecule has 1 atom stereocenters. The predicted octanol–water partition coefficient (Wildman–Crippen LogP) is 7.41. The van der Waals surface area contributed by atoms with Crippen LogP contribution in [-0.2, 0) is 0 Å². The van der Waals surface area contributed by atoms with Crippen molar-refractivity contribution in [3.63, 3.8) is 0 Å². The van der Waals surface area contributed by atoms with Gasteiger partial charge >= 0.3 is 0 Å². The van der Waals surface area contributed by atoms with Gasteiger partial charge in [-0.15, -0.1) is 0 Å². The molecule has 40 heavy (non-hydrogen) atoms. The first-order valence-corrected chi connectivity index (χ1v) is 13.2. The molecular formula is C33H30N4O3. The topological polar surface area (TPSA) is 96.6 Å². The van der Waals surface area contributed by atoms with Crippen molar-refractivity contribution in [2.45, 2.75) is 33.1 Å². The Balaban J connectivity index is 1.34. The second-order valence-corrected chi connectivity index (χ2v) is 9.65. The molecule has 3 aromatic carbocycles. The van der Waals surface area contributed by atoms with Gasteiger partial charge in [-0.1, -0.05) is 68.4 Å². The first kappa shape index (κ1) is 26.6. The van der Waals surface area contributed by atoms with Crippen molar-refractivity contribution in [1.82, 2.24) is 10.4 Å². The van der Waals surface area contributed by atoms with Crippen LogP contribution in [0.2, 0.25) is 0 Å². The van der Waals surface area contributed by atoms with Crippen molar-refractivity contribution in [3.8, 4) is 11.3 Å². The molecule has 2 amide bonds. The van der Waals surface area contributed by atoms with Crippen LogP contribution in [0.3, 0.4) is 0 Å². The summed E-state index contributed by atoms with van der Waals surface area (Å²) in [7, 11) is 0. The number of fused-ring (bicyclic) bond motifs is 1. The third-order valence-electron chi connectivity index (χ3n) is 6.98. The Morgan fingerprint density at radius 2 is 1.68 bits per heavy atom. The lowest BCUT2D eigenvalue weighted by atomic mass is 9.96. The summed E-state index contributed by atoms with van der Waals surface area (Å²) in [4.78, 5) is 30.4. The van der Waals surface area contributed by atoms with Crippen molar-refractivity contribution in [3.05, 3.63) is 120 Å². The molecule has 0 spiro atoms. The average Bonchev–Trinajstić information content (AvgIpc) is 3.55. The Morgan fingerprint density at radius 1 is 0.925 bits per heavy atom. The lowest BCUT2D eigenvalue weighted by Gasteiger charge is -2.12. The molecule has 2 N–H and O–H groups in total. The lowest BCUT2D eigenvalue weighted by molar-refractivity contribution is 0.0955. The van der Waals surface area contributed by atoms with Crippen molar-refractivity contribution in [2.75, 3.05) is 5.32 Å². The highest BCUT2D eigenvalue weighted by molar-refractivity contribution is 6.08. The van der Waals surface area contributed by atoms with E-state index in [1.807, 2.05) is 49.4 Å². The summed E-state index contributed by atoms with van der Waals surface area (Å²) in [5, 5.41) is 7.88. The van der Waals surface area contributed by atoms with E-state index in [2.05, 4.69) is 54.0 Å². The quantitative estimate of drug-likeness (QED) is 0.161. The fourth-order valence-corrected chi connectivity index (χ4v) is 4.38.